The van der Waals surface area contributed by atoms with Gasteiger partial charge in [-0.25, -0.2) is 4.98 Å². The topological polar surface area (TPSA) is 61.4 Å². The third-order valence-corrected chi connectivity index (χ3v) is 5.85. The van der Waals surface area contributed by atoms with Gasteiger partial charge in [-0.2, -0.15) is 4.37 Å². The molecule has 1 aromatic heterocycles. The van der Waals surface area contributed by atoms with E-state index in [4.69, 9.17) is 0 Å². The van der Waals surface area contributed by atoms with Crippen molar-refractivity contribution in [1.29, 1.82) is 0 Å². The van der Waals surface area contributed by atoms with E-state index in [-0.39, 0.29) is 5.91 Å². The minimum atomic E-state index is 0.184. The minimum Gasteiger partial charge on any atom is -0.352 e. The molecular weight excluding hydrogens is 310 g/mol. The number of anilines is 1. The Morgan fingerprint density at radius 2 is 2.00 bits per heavy atom. The number of amides is 1. The van der Waals surface area contributed by atoms with Gasteiger partial charge in [0.25, 0.3) is 0 Å². The highest BCUT2D eigenvalue weighted by Crippen LogP contribution is 2.23. The molecule has 1 N–H and O–H groups in total. The molecule has 0 bridgehead atoms. The summed E-state index contributed by atoms with van der Waals surface area (Å²) in [5, 5.41) is 4.25. The Hall–Kier alpha value is -1.21. The van der Waals surface area contributed by atoms with Crippen molar-refractivity contribution < 1.29 is 4.79 Å². The van der Waals surface area contributed by atoms with Gasteiger partial charge in [-0.3, -0.25) is 9.69 Å². The molecule has 3 rings (SSSR count). The summed E-state index contributed by atoms with van der Waals surface area (Å²) in [4.78, 5) is 21.2. The van der Waals surface area contributed by atoms with Gasteiger partial charge < -0.3 is 10.2 Å². The first-order valence-corrected chi connectivity index (χ1v) is 9.46. The Bertz CT molecular complexity index is 526. The second kappa shape index (κ2) is 7.57. The number of carbonyl (C=O) groups is 1. The van der Waals surface area contributed by atoms with Crippen LogP contribution in [-0.2, 0) is 4.79 Å². The summed E-state index contributed by atoms with van der Waals surface area (Å²) >= 11 is 1.46. The van der Waals surface area contributed by atoms with Crippen LogP contribution in [0.15, 0.2) is 0 Å². The Balaban J connectivity index is 1.42. The van der Waals surface area contributed by atoms with Crippen molar-refractivity contribution in [3.05, 3.63) is 5.82 Å². The second-order valence-electron chi connectivity index (χ2n) is 6.82. The van der Waals surface area contributed by atoms with Crippen LogP contribution in [0.3, 0.4) is 0 Å². The zero-order valence-electron chi connectivity index (χ0n) is 14.1. The molecule has 1 saturated carbocycles. The summed E-state index contributed by atoms with van der Waals surface area (Å²) in [6.07, 6.45) is 4.93. The minimum absolute atomic E-state index is 0.184. The molecule has 0 aromatic carbocycles. The van der Waals surface area contributed by atoms with Crippen molar-refractivity contribution in [1.82, 2.24) is 19.6 Å². The summed E-state index contributed by atoms with van der Waals surface area (Å²) in [7, 11) is 0. The van der Waals surface area contributed by atoms with Crippen molar-refractivity contribution in [2.75, 3.05) is 37.6 Å². The Morgan fingerprint density at radius 3 is 2.65 bits per heavy atom. The maximum absolute atomic E-state index is 12.3. The normalized spacial score (nSPS) is 26.3. The average molecular weight is 337 g/mol. The standard InChI is InChI=1S/C16H27N5OS/c1-12-5-3-4-6-14(12)18-15(22)11-20-7-9-21(10-8-20)16-17-13(2)19-23-16/h12,14H,3-11H2,1-2H3,(H,18,22)/t12-,14-/m1/s1. The van der Waals surface area contributed by atoms with Gasteiger partial charge in [0.1, 0.15) is 5.82 Å². The lowest BCUT2D eigenvalue weighted by molar-refractivity contribution is -0.123. The summed E-state index contributed by atoms with van der Waals surface area (Å²) in [5.41, 5.74) is 0. The van der Waals surface area contributed by atoms with E-state index in [1.165, 1.54) is 30.8 Å². The maximum atomic E-state index is 12.3. The molecule has 2 heterocycles. The highest BCUT2D eigenvalue weighted by atomic mass is 32.1. The predicted molar refractivity (Wildman–Crippen MR) is 92.9 cm³/mol. The lowest BCUT2D eigenvalue weighted by Gasteiger charge is -2.35. The molecule has 0 radical (unpaired) electrons. The zero-order valence-corrected chi connectivity index (χ0v) is 14.9. The van der Waals surface area contributed by atoms with Crippen molar-refractivity contribution in [2.45, 2.75) is 45.6 Å². The molecule has 6 nitrogen and oxygen atoms in total. The molecule has 1 aliphatic carbocycles. The maximum Gasteiger partial charge on any atom is 0.234 e. The van der Waals surface area contributed by atoms with E-state index < -0.39 is 0 Å². The number of piperazine rings is 1. The molecule has 23 heavy (non-hydrogen) atoms. The number of nitrogens with one attached hydrogen (secondary N) is 1. The van der Waals surface area contributed by atoms with Crippen LogP contribution in [0.1, 0.15) is 38.4 Å². The SMILES string of the molecule is Cc1nsc(N2CCN(CC(=O)N[C@@H]3CCCC[C@H]3C)CC2)n1. The van der Waals surface area contributed by atoms with E-state index in [0.29, 0.717) is 18.5 Å². The quantitative estimate of drug-likeness (QED) is 0.905. The fourth-order valence-corrected chi connectivity index (χ4v) is 4.22. The smallest absolute Gasteiger partial charge is 0.234 e. The molecule has 128 valence electrons. The van der Waals surface area contributed by atoms with Crippen molar-refractivity contribution >= 4 is 22.6 Å². The molecule has 7 heteroatoms. The van der Waals surface area contributed by atoms with Crippen LogP contribution in [0.5, 0.6) is 0 Å². The number of nitrogens with zero attached hydrogens (tertiary/aromatic N) is 4. The van der Waals surface area contributed by atoms with Gasteiger partial charge in [0.05, 0.1) is 6.54 Å². The summed E-state index contributed by atoms with van der Waals surface area (Å²) in [6.45, 7) is 8.36. The van der Waals surface area contributed by atoms with Gasteiger partial charge in [0.15, 0.2) is 0 Å². The number of hydrogen-bond acceptors (Lipinski definition) is 6. The highest BCUT2D eigenvalue weighted by molar-refractivity contribution is 7.09. The van der Waals surface area contributed by atoms with Crippen LogP contribution in [-0.4, -0.2) is 58.9 Å². The third kappa shape index (κ3) is 4.41. The molecule has 1 amide bonds. The number of hydrogen-bond donors (Lipinski definition) is 1. The highest BCUT2D eigenvalue weighted by Gasteiger charge is 2.25. The number of aromatic nitrogens is 2. The van der Waals surface area contributed by atoms with Crippen LogP contribution in [0, 0.1) is 12.8 Å². The average Bonchev–Trinajstić information content (AvgIpc) is 2.97. The van der Waals surface area contributed by atoms with Crippen molar-refractivity contribution in [3.63, 3.8) is 0 Å². The van der Waals surface area contributed by atoms with Crippen LogP contribution in [0.2, 0.25) is 0 Å². The lowest BCUT2D eigenvalue weighted by Crippen LogP contribution is -2.51. The van der Waals surface area contributed by atoms with E-state index in [1.54, 1.807) is 0 Å². The van der Waals surface area contributed by atoms with Gasteiger partial charge in [-0.1, -0.05) is 19.8 Å². The molecule has 2 atom stereocenters. The van der Waals surface area contributed by atoms with Gasteiger partial charge in [0, 0.05) is 43.8 Å². The molecule has 1 aromatic rings. The van der Waals surface area contributed by atoms with Crippen LogP contribution in [0.25, 0.3) is 0 Å². The van der Waals surface area contributed by atoms with Crippen molar-refractivity contribution in [2.24, 2.45) is 5.92 Å². The predicted octanol–water partition coefficient (Wildman–Crippen LogP) is 1.66. The van der Waals surface area contributed by atoms with E-state index in [0.717, 1.165) is 43.6 Å². The summed E-state index contributed by atoms with van der Waals surface area (Å²) in [6, 6.07) is 0.377. The first-order valence-electron chi connectivity index (χ1n) is 8.69. The number of rotatable bonds is 4. The van der Waals surface area contributed by atoms with E-state index >= 15 is 0 Å². The van der Waals surface area contributed by atoms with E-state index in [1.807, 2.05) is 6.92 Å². The van der Waals surface area contributed by atoms with Gasteiger partial charge in [-0.15, -0.1) is 0 Å². The number of aryl methyl sites for hydroxylation is 1. The Labute approximate surface area is 142 Å². The Morgan fingerprint density at radius 1 is 1.26 bits per heavy atom. The molecule has 2 fully saturated rings. The van der Waals surface area contributed by atoms with Crippen LogP contribution < -0.4 is 10.2 Å². The number of carbonyl (C=O) groups excluding carboxylic acids is 1. The fourth-order valence-electron chi connectivity index (χ4n) is 3.50. The van der Waals surface area contributed by atoms with Gasteiger partial charge >= 0.3 is 0 Å². The molecular formula is C16H27N5OS. The van der Waals surface area contributed by atoms with Crippen molar-refractivity contribution in [3.8, 4) is 0 Å². The summed E-state index contributed by atoms with van der Waals surface area (Å²) in [5.74, 6) is 1.64. The Kier molecular flexibility index (Phi) is 5.48. The zero-order chi connectivity index (χ0) is 16.2. The fraction of sp³-hybridized carbons (Fsp3) is 0.812. The van der Waals surface area contributed by atoms with Gasteiger partial charge in [0.2, 0.25) is 11.0 Å². The second-order valence-corrected chi connectivity index (χ2v) is 7.55. The lowest BCUT2D eigenvalue weighted by atomic mass is 9.86. The monoisotopic (exact) mass is 337 g/mol. The molecule has 2 aliphatic rings. The van der Waals surface area contributed by atoms with Gasteiger partial charge in [-0.05, 0) is 25.7 Å². The molecule has 1 aliphatic heterocycles. The first kappa shape index (κ1) is 16.6. The molecule has 0 spiro atoms. The van der Waals surface area contributed by atoms with Crippen LogP contribution in [0.4, 0.5) is 5.13 Å². The third-order valence-electron chi connectivity index (χ3n) is 4.98. The molecule has 1 saturated heterocycles. The van der Waals surface area contributed by atoms with Crippen LogP contribution >= 0.6 is 11.5 Å². The van der Waals surface area contributed by atoms with E-state index in [2.05, 4.69) is 31.4 Å². The molecule has 0 unspecified atom stereocenters. The first-order chi connectivity index (χ1) is 11.1. The largest absolute Gasteiger partial charge is 0.352 e. The summed E-state index contributed by atoms with van der Waals surface area (Å²) < 4.78 is 4.24. The van der Waals surface area contributed by atoms with E-state index in [9.17, 15) is 4.79 Å².